The Hall–Kier alpha value is -2.01. The van der Waals surface area contributed by atoms with Crippen LogP contribution in [0, 0.1) is 0 Å². The zero-order valence-corrected chi connectivity index (χ0v) is 15.6. The molecular weight excluding hydrogens is 346 g/mol. The fraction of sp³-hybridized carbons (Fsp3) is 0.476. The standard InChI is InChI=1S/C21H23NO3S/c23-20(21(8-1-2-9-21)19-4-3-11-26-19)22-10-7-16(13-22)15-5-6-17-18(12-15)25-14-24-17/h3-6,11-12,16H,1-2,7-10,13-14H2/t16-/m0/s1. The van der Waals surface area contributed by atoms with Gasteiger partial charge in [-0.1, -0.05) is 25.0 Å². The third-order valence-corrected chi connectivity index (χ3v) is 7.28. The molecule has 0 N–H and O–H groups in total. The number of hydrogen-bond donors (Lipinski definition) is 0. The van der Waals surface area contributed by atoms with Crippen molar-refractivity contribution in [1.82, 2.24) is 4.90 Å². The van der Waals surface area contributed by atoms with Crippen molar-refractivity contribution in [2.75, 3.05) is 19.9 Å². The van der Waals surface area contributed by atoms with Crippen LogP contribution in [0.3, 0.4) is 0 Å². The van der Waals surface area contributed by atoms with Gasteiger partial charge >= 0.3 is 0 Å². The van der Waals surface area contributed by atoms with Gasteiger partial charge in [-0.05, 0) is 48.4 Å². The number of rotatable bonds is 3. The van der Waals surface area contributed by atoms with Crippen molar-refractivity contribution in [3.05, 3.63) is 46.2 Å². The monoisotopic (exact) mass is 369 g/mol. The van der Waals surface area contributed by atoms with Crippen LogP contribution in [0.15, 0.2) is 35.7 Å². The highest BCUT2D eigenvalue weighted by molar-refractivity contribution is 7.10. The molecule has 3 heterocycles. The number of benzene rings is 1. The zero-order valence-electron chi connectivity index (χ0n) is 14.8. The molecule has 136 valence electrons. The van der Waals surface area contributed by atoms with E-state index in [0.29, 0.717) is 18.6 Å². The number of carbonyl (C=O) groups is 1. The molecule has 5 heteroatoms. The largest absolute Gasteiger partial charge is 0.454 e. The molecule has 3 aliphatic rings. The normalized spacial score (nSPS) is 23.5. The first-order valence-corrected chi connectivity index (χ1v) is 10.4. The predicted octanol–water partition coefficient (Wildman–Crippen LogP) is 4.30. The maximum Gasteiger partial charge on any atom is 0.234 e. The second-order valence-electron chi connectivity index (χ2n) is 7.62. The summed E-state index contributed by atoms with van der Waals surface area (Å²) in [7, 11) is 0. The first-order valence-electron chi connectivity index (χ1n) is 9.49. The molecule has 5 rings (SSSR count). The summed E-state index contributed by atoms with van der Waals surface area (Å²) < 4.78 is 10.9. The van der Waals surface area contributed by atoms with Gasteiger partial charge in [-0.3, -0.25) is 4.79 Å². The lowest BCUT2D eigenvalue weighted by atomic mass is 9.83. The van der Waals surface area contributed by atoms with Gasteiger partial charge < -0.3 is 14.4 Å². The Labute approximate surface area is 157 Å². The minimum absolute atomic E-state index is 0.266. The SMILES string of the molecule is O=C(N1CC[C@H](c2ccc3c(c2)OCO3)C1)C1(c2cccs2)CCCC1. The van der Waals surface area contributed by atoms with Crippen LogP contribution in [0.2, 0.25) is 0 Å². The molecule has 1 saturated carbocycles. The molecular formula is C21H23NO3S. The summed E-state index contributed by atoms with van der Waals surface area (Å²) in [6, 6.07) is 10.4. The highest BCUT2D eigenvalue weighted by atomic mass is 32.1. The fourth-order valence-electron chi connectivity index (χ4n) is 4.78. The molecule has 0 radical (unpaired) electrons. The van der Waals surface area contributed by atoms with E-state index in [4.69, 9.17) is 9.47 Å². The van der Waals surface area contributed by atoms with E-state index in [9.17, 15) is 4.79 Å². The molecule has 0 bridgehead atoms. The second kappa shape index (κ2) is 6.31. The molecule has 2 aromatic rings. The summed E-state index contributed by atoms with van der Waals surface area (Å²) in [5, 5.41) is 2.10. The molecule has 1 atom stereocenters. The smallest absolute Gasteiger partial charge is 0.234 e. The van der Waals surface area contributed by atoms with Crippen LogP contribution in [0.1, 0.15) is 48.5 Å². The topological polar surface area (TPSA) is 38.8 Å². The first-order chi connectivity index (χ1) is 12.8. The minimum Gasteiger partial charge on any atom is -0.454 e. The van der Waals surface area contributed by atoms with Crippen LogP contribution < -0.4 is 9.47 Å². The Morgan fingerprint density at radius 2 is 2.00 bits per heavy atom. The summed E-state index contributed by atoms with van der Waals surface area (Å²) in [5.41, 5.74) is 0.985. The molecule has 0 spiro atoms. The third-order valence-electron chi connectivity index (χ3n) is 6.20. The summed E-state index contributed by atoms with van der Waals surface area (Å²) in [6.45, 7) is 1.97. The Kier molecular flexibility index (Phi) is 3.92. The van der Waals surface area contributed by atoms with Gasteiger partial charge in [0.25, 0.3) is 0 Å². The van der Waals surface area contributed by atoms with Gasteiger partial charge in [-0.15, -0.1) is 11.3 Å². The van der Waals surface area contributed by atoms with E-state index in [1.165, 1.54) is 10.4 Å². The predicted molar refractivity (Wildman–Crippen MR) is 101 cm³/mol. The fourth-order valence-corrected chi connectivity index (χ4v) is 5.76. The number of thiophene rings is 1. The lowest BCUT2D eigenvalue weighted by Gasteiger charge is -2.31. The Balaban J connectivity index is 1.36. The first kappa shape index (κ1) is 16.2. The Morgan fingerprint density at radius 1 is 1.15 bits per heavy atom. The molecule has 1 aliphatic carbocycles. The number of hydrogen-bond acceptors (Lipinski definition) is 4. The lowest BCUT2D eigenvalue weighted by Crippen LogP contribution is -2.44. The maximum absolute atomic E-state index is 13.5. The van der Waals surface area contributed by atoms with E-state index >= 15 is 0 Å². The van der Waals surface area contributed by atoms with Gasteiger partial charge in [0.15, 0.2) is 11.5 Å². The van der Waals surface area contributed by atoms with Crippen molar-refractivity contribution in [2.45, 2.75) is 43.4 Å². The van der Waals surface area contributed by atoms with Crippen molar-refractivity contribution in [3.8, 4) is 11.5 Å². The van der Waals surface area contributed by atoms with Crippen molar-refractivity contribution in [3.63, 3.8) is 0 Å². The highest BCUT2D eigenvalue weighted by Crippen LogP contribution is 2.46. The van der Waals surface area contributed by atoms with E-state index in [0.717, 1.165) is 56.7 Å². The van der Waals surface area contributed by atoms with Crippen LogP contribution in [0.25, 0.3) is 0 Å². The molecule has 1 saturated heterocycles. The molecule has 2 aliphatic heterocycles. The Morgan fingerprint density at radius 3 is 2.81 bits per heavy atom. The number of ether oxygens (including phenoxy) is 2. The summed E-state index contributed by atoms with van der Waals surface area (Å²) in [4.78, 5) is 16.9. The third kappa shape index (κ3) is 2.52. The van der Waals surface area contributed by atoms with Gasteiger partial charge in [0.05, 0.1) is 5.41 Å². The summed E-state index contributed by atoms with van der Waals surface area (Å²) >= 11 is 1.74. The number of fused-ring (bicyclic) bond motifs is 1. The number of nitrogens with zero attached hydrogens (tertiary/aromatic N) is 1. The average molecular weight is 369 g/mol. The zero-order chi connectivity index (χ0) is 17.6. The summed E-state index contributed by atoms with van der Waals surface area (Å²) in [5.74, 6) is 2.39. The van der Waals surface area contributed by atoms with Crippen molar-refractivity contribution in [2.24, 2.45) is 0 Å². The van der Waals surface area contributed by atoms with Crippen LogP contribution >= 0.6 is 11.3 Å². The summed E-state index contributed by atoms with van der Waals surface area (Å²) in [6.07, 6.45) is 5.33. The van der Waals surface area contributed by atoms with Gasteiger partial charge in [-0.2, -0.15) is 0 Å². The maximum atomic E-state index is 13.5. The minimum atomic E-state index is -0.266. The van der Waals surface area contributed by atoms with Gasteiger partial charge in [0, 0.05) is 23.9 Å². The van der Waals surface area contributed by atoms with Crippen molar-refractivity contribution < 1.29 is 14.3 Å². The number of likely N-dealkylation sites (tertiary alicyclic amines) is 1. The van der Waals surface area contributed by atoms with E-state index in [1.54, 1.807) is 11.3 Å². The Bertz CT molecular complexity index is 811. The molecule has 1 aromatic heterocycles. The molecule has 0 unspecified atom stereocenters. The van der Waals surface area contributed by atoms with E-state index < -0.39 is 0 Å². The van der Waals surface area contributed by atoms with Crippen LogP contribution in [0.4, 0.5) is 0 Å². The van der Waals surface area contributed by atoms with E-state index in [1.807, 2.05) is 6.07 Å². The van der Waals surface area contributed by atoms with Crippen LogP contribution in [0.5, 0.6) is 11.5 Å². The molecule has 4 nitrogen and oxygen atoms in total. The van der Waals surface area contributed by atoms with Gasteiger partial charge in [0.2, 0.25) is 12.7 Å². The number of amides is 1. The molecule has 1 amide bonds. The van der Waals surface area contributed by atoms with Crippen LogP contribution in [-0.2, 0) is 10.2 Å². The van der Waals surface area contributed by atoms with Crippen molar-refractivity contribution >= 4 is 17.2 Å². The number of carbonyl (C=O) groups excluding carboxylic acids is 1. The lowest BCUT2D eigenvalue weighted by molar-refractivity contribution is -0.136. The molecule has 2 fully saturated rings. The molecule has 1 aromatic carbocycles. The van der Waals surface area contributed by atoms with E-state index in [2.05, 4.69) is 34.5 Å². The van der Waals surface area contributed by atoms with Crippen molar-refractivity contribution in [1.29, 1.82) is 0 Å². The van der Waals surface area contributed by atoms with Gasteiger partial charge in [-0.25, -0.2) is 0 Å². The highest BCUT2D eigenvalue weighted by Gasteiger charge is 2.47. The van der Waals surface area contributed by atoms with Gasteiger partial charge in [0.1, 0.15) is 0 Å². The molecule has 26 heavy (non-hydrogen) atoms. The average Bonchev–Trinajstić information content (AvgIpc) is 3.48. The van der Waals surface area contributed by atoms with E-state index in [-0.39, 0.29) is 5.41 Å². The van der Waals surface area contributed by atoms with Crippen LogP contribution in [-0.4, -0.2) is 30.7 Å². The quantitative estimate of drug-likeness (QED) is 0.809. The second-order valence-corrected chi connectivity index (χ2v) is 8.56.